The molecule has 88 valence electrons. The van der Waals surface area contributed by atoms with E-state index in [9.17, 15) is 4.79 Å². The molecule has 15 heavy (non-hydrogen) atoms. The van der Waals surface area contributed by atoms with Gasteiger partial charge in [-0.25, -0.2) is 0 Å². The van der Waals surface area contributed by atoms with Crippen LogP contribution < -0.4 is 10.6 Å². The summed E-state index contributed by atoms with van der Waals surface area (Å²) in [6, 6.07) is 0.0529. The van der Waals surface area contributed by atoms with Crippen LogP contribution >= 0.6 is 0 Å². The van der Waals surface area contributed by atoms with Gasteiger partial charge in [-0.15, -0.1) is 0 Å². The molecule has 2 atom stereocenters. The minimum Gasteiger partial charge on any atom is -0.354 e. The van der Waals surface area contributed by atoms with Crippen molar-refractivity contribution >= 4 is 5.91 Å². The number of carbonyl (C=O) groups is 1. The Morgan fingerprint density at radius 1 is 1.53 bits per heavy atom. The molecule has 2 N–H and O–H groups in total. The standard InChI is InChI=1S/C12H24N2O/c1-9(12(2,3)4)8-14-11(15)10-6-5-7-13-10/h9-10,13H,5-8H2,1-4H3,(H,14,15). The highest BCUT2D eigenvalue weighted by Gasteiger charge is 2.24. The van der Waals surface area contributed by atoms with E-state index in [1.165, 1.54) is 0 Å². The van der Waals surface area contributed by atoms with Crippen molar-refractivity contribution in [2.24, 2.45) is 11.3 Å². The minimum absolute atomic E-state index is 0.0529. The van der Waals surface area contributed by atoms with Crippen LogP contribution in [0.2, 0.25) is 0 Å². The summed E-state index contributed by atoms with van der Waals surface area (Å²) in [5, 5.41) is 6.24. The van der Waals surface area contributed by atoms with Crippen molar-refractivity contribution in [1.29, 1.82) is 0 Å². The van der Waals surface area contributed by atoms with Crippen molar-refractivity contribution in [3.05, 3.63) is 0 Å². The first kappa shape index (κ1) is 12.5. The van der Waals surface area contributed by atoms with Crippen molar-refractivity contribution in [3.63, 3.8) is 0 Å². The molecule has 0 aromatic rings. The molecule has 2 unspecified atom stereocenters. The van der Waals surface area contributed by atoms with Gasteiger partial charge in [-0.2, -0.15) is 0 Å². The van der Waals surface area contributed by atoms with E-state index in [4.69, 9.17) is 0 Å². The fraction of sp³-hybridized carbons (Fsp3) is 0.917. The molecule has 3 nitrogen and oxygen atoms in total. The summed E-state index contributed by atoms with van der Waals surface area (Å²) >= 11 is 0. The Balaban J connectivity index is 2.27. The molecular formula is C12H24N2O. The topological polar surface area (TPSA) is 41.1 Å². The molecule has 1 aliphatic heterocycles. The highest BCUT2D eigenvalue weighted by atomic mass is 16.2. The molecule has 3 heteroatoms. The summed E-state index contributed by atoms with van der Waals surface area (Å²) in [6.07, 6.45) is 2.10. The van der Waals surface area contributed by atoms with Gasteiger partial charge in [-0.3, -0.25) is 4.79 Å². The van der Waals surface area contributed by atoms with Crippen molar-refractivity contribution in [1.82, 2.24) is 10.6 Å². The zero-order valence-corrected chi connectivity index (χ0v) is 10.4. The van der Waals surface area contributed by atoms with Gasteiger partial charge in [0.2, 0.25) is 5.91 Å². The predicted molar refractivity (Wildman–Crippen MR) is 62.7 cm³/mol. The minimum atomic E-state index is 0.0529. The van der Waals surface area contributed by atoms with E-state index in [-0.39, 0.29) is 17.4 Å². The lowest BCUT2D eigenvalue weighted by Gasteiger charge is -2.27. The normalized spacial score (nSPS) is 23.9. The maximum absolute atomic E-state index is 11.7. The van der Waals surface area contributed by atoms with Gasteiger partial charge in [0, 0.05) is 6.54 Å². The molecule has 1 heterocycles. The van der Waals surface area contributed by atoms with Crippen LogP contribution in [0.5, 0.6) is 0 Å². The van der Waals surface area contributed by atoms with E-state index < -0.39 is 0 Å². The largest absolute Gasteiger partial charge is 0.354 e. The third-order valence-electron chi connectivity index (χ3n) is 3.44. The number of hydrogen-bond donors (Lipinski definition) is 2. The van der Waals surface area contributed by atoms with Gasteiger partial charge in [0.15, 0.2) is 0 Å². The summed E-state index contributed by atoms with van der Waals surface area (Å²) in [5.41, 5.74) is 0.260. The molecule has 1 aliphatic rings. The fourth-order valence-corrected chi connectivity index (χ4v) is 1.59. The van der Waals surface area contributed by atoms with Crippen LogP contribution in [0.1, 0.15) is 40.5 Å². The second-order valence-corrected chi connectivity index (χ2v) is 5.66. The first-order valence-electron chi connectivity index (χ1n) is 5.92. The van der Waals surface area contributed by atoms with Crippen molar-refractivity contribution < 1.29 is 4.79 Å². The zero-order chi connectivity index (χ0) is 11.5. The van der Waals surface area contributed by atoms with Crippen LogP contribution in [0.25, 0.3) is 0 Å². The number of nitrogens with one attached hydrogen (secondary N) is 2. The summed E-state index contributed by atoms with van der Waals surface area (Å²) in [7, 11) is 0. The van der Waals surface area contributed by atoms with Gasteiger partial charge in [-0.1, -0.05) is 27.7 Å². The molecule has 0 aliphatic carbocycles. The van der Waals surface area contributed by atoms with Gasteiger partial charge in [0.1, 0.15) is 0 Å². The number of amides is 1. The number of rotatable bonds is 3. The van der Waals surface area contributed by atoms with Gasteiger partial charge >= 0.3 is 0 Å². The maximum Gasteiger partial charge on any atom is 0.237 e. The smallest absolute Gasteiger partial charge is 0.237 e. The van der Waals surface area contributed by atoms with E-state index in [0.29, 0.717) is 5.92 Å². The molecule has 0 spiro atoms. The average molecular weight is 212 g/mol. The number of carbonyl (C=O) groups excluding carboxylic acids is 1. The van der Waals surface area contributed by atoms with Crippen molar-refractivity contribution in [3.8, 4) is 0 Å². The lowest BCUT2D eigenvalue weighted by Crippen LogP contribution is -2.43. The third-order valence-corrected chi connectivity index (χ3v) is 3.44. The van der Waals surface area contributed by atoms with E-state index in [1.807, 2.05) is 0 Å². The Labute approximate surface area is 93.0 Å². The summed E-state index contributed by atoms with van der Waals surface area (Å²) in [4.78, 5) is 11.7. The molecular weight excluding hydrogens is 188 g/mol. The fourth-order valence-electron chi connectivity index (χ4n) is 1.59. The lowest BCUT2D eigenvalue weighted by atomic mass is 9.82. The quantitative estimate of drug-likeness (QED) is 0.745. The van der Waals surface area contributed by atoms with E-state index >= 15 is 0 Å². The number of hydrogen-bond acceptors (Lipinski definition) is 2. The van der Waals surface area contributed by atoms with Crippen LogP contribution in [0.15, 0.2) is 0 Å². The van der Waals surface area contributed by atoms with E-state index in [2.05, 4.69) is 38.3 Å². The molecule has 0 aromatic heterocycles. The second kappa shape index (κ2) is 4.97. The Morgan fingerprint density at radius 3 is 2.67 bits per heavy atom. The molecule has 1 amide bonds. The van der Waals surface area contributed by atoms with Crippen LogP contribution in [-0.2, 0) is 4.79 Å². The molecule has 0 aromatic carbocycles. The van der Waals surface area contributed by atoms with E-state index in [1.54, 1.807) is 0 Å². The molecule has 0 saturated carbocycles. The molecule has 1 saturated heterocycles. The van der Waals surface area contributed by atoms with Gasteiger partial charge in [0.25, 0.3) is 0 Å². The first-order chi connectivity index (χ1) is 6.91. The molecule has 1 fully saturated rings. The SMILES string of the molecule is CC(CNC(=O)C1CCCN1)C(C)(C)C. The first-order valence-corrected chi connectivity index (χ1v) is 5.92. The molecule has 0 bridgehead atoms. The van der Waals surface area contributed by atoms with Crippen molar-refractivity contribution in [2.45, 2.75) is 46.6 Å². The lowest BCUT2D eigenvalue weighted by molar-refractivity contribution is -0.123. The highest BCUT2D eigenvalue weighted by molar-refractivity contribution is 5.81. The van der Waals surface area contributed by atoms with Crippen LogP contribution in [-0.4, -0.2) is 25.0 Å². The van der Waals surface area contributed by atoms with Crippen LogP contribution in [0.4, 0.5) is 0 Å². The Morgan fingerprint density at radius 2 is 2.20 bits per heavy atom. The predicted octanol–water partition coefficient (Wildman–Crippen LogP) is 1.54. The second-order valence-electron chi connectivity index (χ2n) is 5.66. The summed E-state index contributed by atoms with van der Waals surface area (Å²) in [6.45, 7) is 10.6. The zero-order valence-electron chi connectivity index (χ0n) is 10.4. The van der Waals surface area contributed by atoms with E-state index in [0.717, 1.165) is 25.9 Å². The Bertz CT molecular complexity index is 214. The monoisotopic (exact) mass is 212 g/mol. The van der Waals surface area contributed by atoms with Gasteiger partial charge in [-0.05, 0) is 30.7 Å². The Kier molecular flexibility index (Phi) is 4.14. The molecule has 0 radical (unpaired) electrons. The van der Waals surface area contributed by atoms with Gasteiger partial charge in [0.05, 0.1) is 6.04 Å². The van der Waals surface area contributed by atoms with Crippen LogP contribution in [0.3, 0.4) is 0 Å². The highest BCUT2D eigenvalue weighted by Crippen LogP contribution is 2.24. The third kappa shape index (κ3) is 3.82. The summed E-state index contributed by atoms with van der Waals surface area (Å²) in [5.74, 6) is 0.673. The Hall–Kier alpha value is -0.570. The van der Waals surface area contributed by atoms with Crippen LogP contribution in [0, 0.1) is 11.3 Å². The van der Waals surface area contributed by atoms with Crippen molar-refractivity contribution in [2.75, 3.05) is 13.1 Å². The molecule has 1 rings (SSSR count). The average Bonchev–Trinajstić information content (AvgIpc) is 2.64. The maximum atomic E-state index is 11.7. The summed E-state index contributed by atoms with van der Waals surface area (Å²) < 4.78 is 0. The van der Waals surface area contributed by atoms with Gasteiger partial charge < -0.3 is 10.6 Å².